The molecule has 5 nitrogen and oxygen atoms in total. The van der Waals surface area contributed by atoms with Crippen LogP contribution in [-0.2, 0) is 13.1 Å². The van der Waals surface area contributed by atoms with Crippen LogP contribution in [0.25, 0.3) is 0 Å². The number of aryl methyl sites for hydroxylation is 2. The van der Waals surface area contributed by atoms with E-state index in [0.29, 0.717) is 12.2 Å². The molecule has 5 heteroatoms. The molecule has 2 aromatic rings. The minimum absolute atomic E-state index is 0.342. The first-order valence-electron chi connectivity index (χ1n) is 5.51. The fourth-order valence-electron chi connectivity index (χ4n) is 1.94. The van der Waals surface area contributed by atoms with E-state index in [2.05, 4.69) is 4.98 Å². The van der Waals surface area contributed by atoms with E-state index in [1.807, 2.05) is 17.6 Å². The fraction of sp³-hybridized carbons (Fsp3) is 0.333. The highest BCUT2D eigenvalue weighted by Gasteiger charge is 2.14. The van der Waals surface area contributed by atoms with Crippen molar-refractivity contribution in [1.29, 1.82) is 0 Å². The van der Waals surface area contributed by atoms with E-state index in [1.165, 1.54) is 0 Å². The van der Waals surface area contributed by atoms with Gasteiger partial charge in [0, 0.05) is 18.9 Å². The van der Waals surface area contributed by atoms with Gasteiger partial charge in [0.25, 0.3) is 0 Å². The molecule has 0 aliphatic rings. The minimum atomic E-state index is -0.893. The van der Waals surface area contributed by atoms with E-state index >= 15 is 0 Å². The largest absolute Gasteiger partial charge is 0.477 e. The molecule has 0 saturated heterocycles. The Hall–Kier alpha value is -2.04. The van der Waals surface area contributed by atoms with Crippen LogP contribution in [0.2, 0.25) is 0 Å². The van der Waals surface area contributed by atoms with Crippen molar-refractivity contribution >= 4 is 5.97 Å². The van der Waals surface area contributed by atoms with Crippen molar-refractivity contribution in [3.63, 3.8) is 0 Å². The lowest BCUT2D eigenvalue weighted by Gasteiger charge is -2.08. The molecule has 1 N–H and O–H groups in total. The molecule has 0 amide bonds. The first-order chi connectivity index (χ1) is 8.13. The second-order valence-electron chi connectivity index (χ2n) is 3.95. The molecule has 0 spiro atoms. The first kappa shape index (κ1) is 11.4. The highest BCUT2D eigenvalue weighted by molar-refractivity contribution is 5.87. The fourth-order valence-corrected chi connectivity index (χ4v) is 1.94. The maximum atomic E-state index is 11.1. The van der Waals surface area contributed by atoms with Crippen LogP contribution in [0.1, 0.15) is 28.7 Å². The van der Waals surface area contributed by atoms with Gasteiger partial charge < -0.3 is 14.2 Å². The van der Waals surface area contributed by atoms with Gasteiger partial charge in [0.2, 0.25) is 0 Å². The number of carboxylic acid groups (broad SMARTS) is 1. The van der Waals surface area contributed by atoms with Gasteiger partial charge >= 0.3 is 5.97 Å². The van der Waals surface area contributed by atoms with Crippen molar-refractivity contribution in [3.8, 4) is 0 Å². The summed E-state index contributed by atoms with van der Waals surface area (Å²) in [5.41, 5.74) is 2.12. The van der Waals surface area contributed by atoms with Crippen molar-refractivity contribution in [2.24, 2.45) is 0 Å². The topological polar surface area (TPSA) is 60.0 Å². The van der Waals surface area contributed by atoms with Gasteiger partial charge in [0.05, 0.1) is 18.6 Å². The van der Waals surface area contributed by atoms with Crippen molar-refractivity contribution in [2.45, 2.75) is 26.9 Å². The zero-order chi connectivity index (χ0) is 12.4. The summed E-state index contributed by atoms with van der Waals surface area (Å²) >= 11 is 0. The van der Waals surface area contributed by atoms with Crippen molar-refractivity contribution in [3.05, 3.63) is 41.7 Å². The van der Waals surface area contributed by atoms with E-state index in [4.69, 9.17) is 5.11 Å². The molecule has 17 heavy (non-hydrogen) atoms. The van der Waals surface area contributed by atoms with Crippen LogP contribution in [0, 0.1) is 6.92 Å². The number of rotatable bonds is 4. The lowest BCUT2D eigenvalue weighted by molar-refractivity contribution is 0.0685. The number of carboxylic acids is 1. The number of aromatic carboxylic acids is 1. The number of aromatic nitrogens is 3. The molecule has 2 rings (SSSR count). The van der Waals surface area contributed by atoms with Gasteiger partial charge in [-0.3, -0.25) is 0 Å². The number of hydrogen-bond acceptors (Lipinski definition) is 2. The molecule has 0 atom stereocenters. The average molecular weight is 233 g/mol. The highest BCUT2D eigenvalue weighted by Crippen LogP contribution is 2.12. The van der Waals surface area contributed by atoms with E-state index in [9.17, 15) is 4.79 Å². The molecule has 0 unspecified atom stereocenters. The Balaban J connectivity index is 2.33. The van der Waals surface area contributed by atoms with E-state index in [0.717, 1.165) is 17.8 Å². The molecule has 0 bridgehead atoms. The maximum absolute atomic E-state index is 11.1. The van der Waals surface area contributed by atoms with Gasteiger partial charge in [-0.05, 0) is 25.5 Å². The summed E-state index contributed by atoms with van der Waals surface area (Å²) in [5.74, 6) is -0.893. The second-order valence-corrected chi connectivity index (χ2v) is 3.95. The number of hydrogen-bond donors (Lipinski definition) is 1. The minimum Gasteiger partial charge on any atom is -0.477 e. The number of carbonyl (C=O) groups is 1. The van der Waals surface area contributed by atoms with Crippen LogP contribution in [0.15, 0.2) is 24.8 Å². The molecule has 0 aromatic carbocycles. The summed E-state index contributed by atoms with van der Waals surface area (Å²) in [5, 5.41) is 9.15. The van der Waals surface area contributed by atoms with Crippen LogP contribution in [0.3, 0.4) is 0 Å². The van der Waals surface area contributed by atoms with Gasteiger partial charge in [-0.2, -0.15) is 0 Å². The zero-order valence-corrected chi connectivity index (χ0v) is 9.92. The summed E-state index contributed by atoms with van der Waals surface area (Å²) in [4.78, 5) is 15.2. The van der Waals surface area contributed by atoms with Crippen LogP contribution >= 0.6 is 0 Å². The molecular formula is C12H15N3O2. The molecule has 0 radical (unpaired) electrons. The van der Waals surface area contributed by atoms with Gasteiger partial charge in [-0.25, -0.2) is 9.78 Å². The molecule has 2 aromatic heterocycles. The quantitative estimate of drug-likeness (QED) is 0.875. The normalized spacial score (nSPS) is 10.7. The second kappa shape index (κ2) is 4.45. The monoisotopic (exact) mass is 233 g/mol. The third-order valence-electron chi connectivity index (χ3n) is 2.84. The Kier molecular flexibility index (Phi) is 2.99. The lowest BCUT2D eigenvalue weighted by atomic mass is 10.3. The van der Waals surface area contributed by atoms with Gasteiger partial charge in [0.15, 0.2) is 0 Å². The zero-order valence-electron chi connectivity index (χ0n) is 9.92. The SMILES string of the molecule is CCn1cncc1Cn1ccc(C)c1C(=O)O. The average Bonchev–Trinajstić information content (AvgIpc) is 2.86. The Morgan fingerprint density at radius 2 is 2.24 bits per heavy atom. The van der Waals surface area contributed by atoms with Gasteiger partial charge in [-0.1, -0.05) is 0 Å². The maximum Gasteiger partial charge on any atom is 0.352 e. The predicted molar refractivity (Wildman–Crippen MR) is 63.1 cm³/mol. The van der Waals surface area contributed by atoms with E-state index < -0.39 is 5.97 Å². The van der Waals surface area contributed by atoms with Gasteiger partial charge in [-0.15, -0.1) is 0 Å². The van der Waals surface area contributed by atoms with Crippen molar-refractivity contribution < 1.29 is 9.90 Å². The van der Waals surface area contributed by atoms with Crippen LogP contribution < -0.4 is 0 Å². The molecule has 90 valence electrons. The first-order valence-corrected chi connectivity index (χ1v) is 5.51. The molecular weight excluding hydrogens is 218 g/mol. The summed E-state index contributed by atoms with van der Waals surface area (Å²) in [6.45, 7) is 5.20. The Bertz CT molecular complexity index is 540. The lowest BCUT2D eigenvalue weighted by Crippen LogP contribution is -2.12. The Morgan fingerprint density at radius 3 is 2.88 bits per heavy atom. The molecule has 0 saturated carbocycles. The smallest absolute Gasteiger partial charge is 0.352 e. The standard InChI is InChI=1S/C12H15N3O2/c1-3-14-8-13-6-10(14)7-15-5-4-9(2)11(15)12(16)17/h4-6,8H,3,7H2,1-2H3,(H,16,17). The molecule has 0 fully saturated rings. The Morgan fingerprint density at radius 1 is 1.47 bits per heavy atom. The van der Waals surface area contributed by atoms with E-state index in [1.54, 1.807) is 30.2 Å². The third-order valence-corrected chi connectivity index (χ3v) is 2.84. The van der Waals surface area contributed by atoms with Crippen molar-refractivity contribution in [2.75, 3.05) is 0 Å². The molecule has 0 aliphatic heterocycles. The third kappa shape index (κ3) is 2.08. The van der Waals surface area contributed by atoms with Crippen LogP contribution in [-0.4, -0.2) is 25.2 Å². The van der Waals surface area contributed by atoms with Gasteiger partial charge in [0.1, 0.15) is 5.69 Å². The highest BCUT2D eigenvalue weighted by atomic mass is 16.4. The number of imidazole rings is 1. The molecule has 0 aliphatic carbocycles. The summed E-state index contributed by atoms with van der Waals surface area (Å²) < 4.78 is 3.74. The predicted octanol–water partition coefficient (Wildman–Crippen LogP) is 1.76. The summed E-state index contributed by atoms with van der Waals surface area (Å²) in [7, 11) is 0. The van der Waals surface area contributed by atoms with Crippen LogP contribution in [0.4, 0.5) is 0 Å². The van der Waals surface area contributed by atoms with Crippen LogP contribution in [0.5, 0.6) is 0 Å². The summed E-state index contributed by atoms with van der Waals surface area (Å²) in [6, 6.07) is 1.82. The Labute approximate surface area is 99.3 Å². The summed E-state index contributed by atoms with van der Waals surface area (Å²) in [6.07, 6.45) is 5.32. The number of nitrogens with zero attached hydrogens (tertiary/aromatic N) is 3. The molecule has 2 heterocycles. The van der Waals surface area contributed by atoms with Crippen molar-refractivity contribution in [1.82, 2.24) is 14.1 Å². The van der Waals surface area contributed by atoms with E-state index in [-0.39, 0.29) is 0 Å².